The highest BCUT2D eigenvalue weighted by Gasteiger charge is 2.18. The van der Waals surface area contributed by atoms with E-state index in [-0.39, 0.29) is 11.9 Å². The molecule has 0 aliphatic carbocycles. The van der Waals surface area contributed by atoms with Crippen LogP contribution in [0.2, 0.25) is 0 Å². The number of aromatic nitrogens is 5. The fourth-order valence-electron chi connectivity index (χ4n) is 3.05. The number of hydrogen-bond acceptors (Lipinski definition) is 4. The van der Waals surface area contributed by atoms with E-state index in [0.717, 1.165) is 24.1 Å². The molecule has 28 heavy (non-hydrogen) atoms. The van der Waals surface area contributed by atoms with Crippen LogP contribution in [0.5, 0.6) is 0 Å². The first-order chi connectivity index (χ1) is 13.8. The molecule has 0 unspecified atom stereocenters. The molecule has 1 aromatic carbocycles. The second-order valence-electron chi connectivity index (χ2n) is 6.43. The van der Waals surface area contributed by atoms with Crippen molar-refractivity contribution in [1.82, 2.24) is 30.0 Å². The SMILES string of the molecule is O=C(N[C@@H](CCn1ccnc1)c1ccccc1)c1cc(-c2ccncc2)n[nH]1. The van der Waals surface area contributed by atoms with Gasteiger partial charge in [0.2, 0.25) is 0 Å². The number of carbonyl (C=O) groups is 1. The van der Waals surface area contributed by atoms with Gasteiger partial charge in [0.25, 0.3) is 5.91 Å². The quantitative estimate of drug-likeness (QED) is 0.521. The van der Waals surface area contributed by atoms with Crippen LogP contribution in [0.3, 0.4) is 0 Å². The number of aryl methyl sites for hydroxylation is 1. The highest BCUT2D eigenvalue weighted by molar-refractivity contribution is 5.93. The van der Waals surface area contributed by atoms with Gasteiger partial charge in [-0.15, -0.1) is 0 Å². The molecule has 7 nitrogen and oxygen atoms in total. The Morgan fingerprint density at radius 3 is 2.64 bits per heavy atom. The first-order valence-electron chi connectivity index (χ1n) is 9.07. The minimum atomic E-state index is -0.188. The minimum Gasteiger partial charge on any atom is -0.344 e. The van der Waals surface area contributed by atoms with Crippen molar-refractivity contribution < 1.29 is 4.79 Å². The van der Waals surface area contributed by atoms with Gasteiger partial charge in [0, 0.05) is 36.9 Å². The Bertz CT molecular complexity index is 1010. The van der Waals surface area contributed by atoms with Crippen LogP contribution in [0.1, 0.15) is 28.5 Å². The molecule has 1 atom stereocenters. The van der Waals surface area contributed by atoms with Crippen molar-refractivity contribution in [3.05, 3.63) is 90.9 Å². The summed E-state index contributed by atoms with van der Waals surface area (Å²) in [7, 11) is 0. The van der Waals surface area contributed by atoms with Crippen molar-refractivity contribution in [2.75, 3.05) is 0 Å². The van der Waals surface area contributed by atoms with E-state index in [1.54, 1.807) is 31.0 Å². The normalized spacial score (nSPS) is 11.9. The summed E-state index contributed by atoms with van der Waals surface area (Å²) in [5.74, 6) is -0.188. The van der Waals surface area contributed by atoms with Gasteiger partial charge < -0.3 is 9.88 Å². The van der Waals surface area contributed by atoms with E-state index < -0.39 is 0 Å². The molecule has 7 heteroatoms. The molecule has 0 bridgehead atoms. The molecular formula is C21H20N6O. The van der Waals surface area contributed by atoms with Gasteiger partial charge in [0.05, 0.1) is 18.1 Å². The molecule has 4 aromatic rings. The molecule has 2 N–H and O–H groups in total. The average Bonchev–Trinajstić information content (AvgIpc) is 3.44. The summed E-state index contributed by atoms with van der Waals surface area (Å²) >= 11 is 0. The third-order valence-electron chi connectivity index (χ3n) is 4.54. The van der Waals surface area contributed by atoms with Crippen molar-refractivity contribution in [2.24, 2.45) is 0 Å². The molecule has 0 fully saturated rings. The fraction of sp³-hybridized carbons (Fsp3) is 0.143. The minimum absolute atomic E-state index is 0.122. The van der Waals surface area contributed by atoms with Gasteiger partial charge in [-0.05, 0) is 30.2 Å². The van der Waals surface area contributed by atoms with Crippen LogP contribution in [0.4, 0.5) is 0 Å². The number of benzene rings is 1. The number of imidazole rings is 1. The number of nitrogens with zero attached hydrogens (tertiary/aromatic N) is 4. The van der Waals surface area contributed by atoms with E-state index in [9.17, 15) is 4.79 Å². The molecule has 0 saturated carbocycles. The zero-order chi connectivity index (χ0) is 19.2. The van der Waals surface area contributed by atoms with Crippen LogP contribution < -0.4 is 5.32 Å². The summed E-state index contributed by atoms with van der Waals surface area (Å²) in [6.07, 6.45) is 9.59. The Morgan fingerprint density at radius 2 is 1.89 bits per heavy atom. The lowest BCUT2D eigenvalue weighted by molar-refractivity contribution is 0.0928. The second-order valence-corrected chi connectivity index (χ2v) is 6.43. The predicted molar refractivity (Wildman–Crippen MR) is 105 cm³/mol. The molecule has 1 amide bonds. The molecule has 0 spiro atoms. The summed E-state index contributed by atoms with van der Waals surface area (Å²) in [5, 5.41) is 10.2. The monoisotopic (exact) mass is 372 g/mol. The lowest BCUT2D eigenvalue weighted by atomic mass is 10.0. The maximum absolute atomic E-state index is 12.8. The van der Waals surface area contributed by atoms with Gasteiger partial charge in [0.15, 0.2) is 0 Å². The molecule has 0 aliphatic heterocycles. The van der Waals surface area contributed by atoms with E-state index in [1.165, 1.54) is 0 Å². The van der Waals surface area contributed by atoms with Gasteiger partial charge in [-0.3, -0.25) is 14.9 Å². The van der Waals surface area contributed by atoms with Crippen molar-refractivity contribution >= 4 is 5.91 Å². The highest BCUT2D eigenvalue weighted by Crippen LogP contribution is 2.20. The number of amides is 1. The molecule has 4 rings (SSSR count). The van der Waals surface area contributed by atoms with Gasteiger partial charge in [-0.2, -0.15) is 5.10 Å². The lowest BCUT2D eigenvalue weighted by Crippen LogP contribution is -2.29. The Hall–Kier alpha value is -3.74. The number of carbonyl (C=O) groups excluding carboxylic acids is 1. The Morgan fingerprint density at radius 1 is 1.07 bits per heavy atom. The van der Waals surface area contributed by atoms with E-state index in [4.69, 9.17) is 0 Å². The van der Waals surface area contributed by atoms with E-state index in [2.05, 4.69) is 25.5 Å². The van der Waals surface area contributed by atoms with E-state index in [1.807, 2.05) is 53.2 Å². The summed E-state index contributed by atoms with van der Waals surface area (Å²) < 4.78 is 2.00. The van der Waals surface area contributed by atoms with Crippen LogP contribution in [0.25, 0.3) is 11.3 Å². The number of H-pyrrole nitrogens is 1. The van der Waals surface area contributed by atoms with Gasteiger partial charge in [-0.1, -0.05) is 30.3 Å². The van der Waals surface area contributed by atoms with Crippen LogP contribution in [-0.2, 0) is 6.54 Å². The number of nitrogens with one attached hydrogen (secondary N) is 2. The maximum atomic E-state index is 12.8. The fourth-order valence-corrected chi connectivity index (χ4v) is 3.05. The van der Waals surface area contributed by atoms with E-state index in [0.29, 0.717) is 11.4 Å². The number of rotatable bonds is 7. The number of aromatic amines is 1. The zero-order valence-corrected chi connectivity index (χ0v) is 15.2. The van der Waals surface area contributed by atoms with Gasteiger partial charge in [-0.25, -0.2) is 4.98 Å². The second kappa shape index (κ2) is 8.30. The molecule has 0 radical (unpaired) electrons. The number of hydrogen-bond donors (Lipinski definition) is 2. The Balaban J connectivity index is 1.49. The molecule has 0 aliphatic rings. The smallest absolute Gasteiger partial charge is 0.269 e. The highest BCUT2D eigenvalue weighted by atomic mass is 16.2. The summed E-state index contributed by atoms with van der Waals surface area (Å²) in [4.78, 5) is 20.9. The van der Waals surface area contributed by atoms with Crippen LogP contribution in [0.15, 0.2) is 79.6 Å². The first-order valence-corrected chi connectivity index (χ1v) is 9.07. The first kappa shape index (κ1) is 17.7. The topological polar surface area (TPSA) is 88.5 Å². The van der Waals surface area contributed by atoms with Crippen molar-refractivity contribution in [3.63, 3.8) is 0 Å². The Labute approximate surface area is 162 Å². The summed E-state index contributed by atoms with van der Waals surface area (Å²) in [5.41, 5.74) is 3.10. The van der Waals surface area contributed by atoms with Crippen LogP contribution in [-0.4, -0.2) is 30.6 Å². The largest absolute Gasteiger partial charge is 0.344 e. The van der Waals surface area contributed by atoms with Crippen LogP contribution >= 0.6 is 0 Å². The van der Waals surface area contributed by atoms with Crippen molar-refractivity contribution in [3.8, 4) is 11.3 Å². The molecule has 3 aromatic heterocycles. The Kier molecular flexibility index (Phi) is 5.24. The maximum Gasteiger partial charge on any atom is 0.269 e. The van der Waals surface area contributed by atoms with E-state index >= 15 is 0 Å². The number of pyridine rings is 1. The molecule has 3 heterocycles. The van der Waals surface area contributed by atoms with Crippen LogP contribution in [0, 0.1) is 0 Å². The third kappa shape index (κ3) is 4.15. The lowest BCUT2D eigenvalue weighted by Gasteiger charge is -2.19. The van der Waals surface area contributed by atoms with Crippen molar-refractivity contribution in [2.45, 2.75) is 19.0 Å². The third-order valence-corrected chi connectivity index (χ3v) is 4.54. The molecule has 140 valence electrons. The van der Waals surface area contributed by atoms with Crippen molar-refractivity contribution in [1.29, 1.82) is 0 Å². The summed E-state index contributed by atoms with van der Waals surface area (Å²) in [6, 6.07) is 15.3. The molecular weight excluding hydrogens is 352 g/mol. The van der Waals surface area contributed by atoms with Gasteiger partial charge in [0.1, 0.15) is 5.69 Å². The average molecular weight is 372 g/mol. The molecule has 0 saturated heterocycles. The summed E-state index contributed by atoms with van der Waals surface area (Å²) in [6.45, 7) is 0.755. The van der Waals surface area contributed by atoms with Gasteiger partial charge >= 0.3 is 0 Å². The predicted octanol–water partition coefficient (Wildman–Crippen LogP) is 3.23. The zero-order valence-electron chi connectivity index (χ0n) is 15.2. The standard InChI is InChI=1S/C21H20N6O/c28-21(20-14-19(25-26-20)17-6-9-22-10-7-17)24-18(16-4-2-1-3-5-16)8-12-27-13-11-23-15-27/h1-7,9-11,13-15,18H,8,12H2,(H,24,28)(H,25,26)/t18-/m0/s1.